The zero-order valence-corrected chi connectivity index (χ0v) is 10.3. The van der Waals surface area contributed by atoms with Crippen LogP contribution in [0.15, 0.2) is 30.3 Å². The lowest BCUT2D eigenvalue weighted by molar-refractivity contribution is 0.108. The molecule has 0 spiro atoms. The highest BCUT2D eigenvalue weighted by Gasteiger charge is 2.37. The lowest BCUT2D eigenvalue weighted by atomic mass is 10.2. The number of likely N-dealkylation sites (tertiary alicyclic amines) is 1. The summed E-state index contributed by atoms with van der Waals surface area (Å²) in [6, 6.07) is 8.58. The third-order valence-corrected chi connectivity index (χ3v) is 3.93. The Kier molecular flexibility index (Phi) is 3.86. The van der Waals surface area contributed by atoms with Gasteiger partial charge in [0.05, 0.1) is 11.8 Å². The number of nitrogens with zero attached hydrogens (tertiary/aromatic N) is 1. The summed E-state index contributed by atoms with van der Waals surface area (Å²) in [5, 5.41) is 7.92. The molecule has 1 aromatic carbocycles. The number of benzene rings is 1. The number of halogens is 1. The van der Waals surface area contributed by atoms with Crippen molar-refractivity contribution in [1.82, 2.24) is 4.90 Å². The first-order chi connectivity index (χ1) is 8.58. The second kappa shape index (κ2) is 5.39. The molecule has 2 rings (SSSR count). The summed E-state index contributed by atoms with van der Waals surface area (Å²) in [4.78, 5) is 23.6. The summed E-state index contributed by atoms with van der Waals surface area (Å²) in [5.41, 5.74) is 0.503. The molecule has 4 nitrogen and oxygen atoms in total. The zero-order valence-electron chi connectivity index (χ0n) is 9.45. The second-order valence-corrected chi connectivity index (χ2v) is 5.23. The SMILES string of the molecule is O=C(S[C@@H]1CN(C(=O)O)C[C@@H]1F)c1ccccc1. The Labute approximate surface area is 108 Å². The van der Waals surface area contributed by atoms with Crippen molar-refractivity contribution in [2.45, 2.75) is 11.4 Å². The Hall–Kier alpha value is -1.56. The molecule has 18 heavy (non-hydrogen) atoms. The molecule has 1 heterocycles. The summed E-state index contributed by atoms with van der Waals surface area (Å²) in [6.07, 6.45) is -2.44. The van der Waals surface area contributed by atoms with Crippen LogP contribution in [-0.2, 0) is 0 Å². The van der Waals surface area contributed by atoms with Gasteiger partial charge in [-0.1, -0.05) is 42.1 Å². The molecule has 1 saturated heterocycles. The van der Waals surface area contributed by atoms with Gasteiger partial charge in [-0.25, -0.2) is 9.18 Å². The topological polar surface area (TPSA) is 57.6 Å². The van der Waals surface area contributed by atoms with Crippen LogP contribution >= 0.6 is 11.8 Å². The van der Waals surface area contributed by atoms with Gasteiger partial charge in [0, 0.05) is 12.1 Å². The van der Waals surface area contributed by atoms with Crippen molar-refractivity contribution in [1.29, 1.82) is 0 Å². The minimum Gasteiger partial charge on any atom is -0.465 e. The molecule has 1 aliphatic rings. The molecule has 0 unspecified atom stereocenters. The van der Waals surface area contributed by atoms with Crippen molar-refractivity contribution in [3.63, 3.8) is 0 Å². The maximum Gasteiger partial charge on any atom is 0.407 e. The Morgan fingerprint density at radius 3 is 2.50 bits per heavy atom. The maximum atomic E-state index is 13.6. The first kappa shape index (κ1) is 12.9. The summed E-state index contributed by atoms with van der Waals surface area (Å²) >= 11 is 0.871. The van der Waals surface area contributed by atoms with Gasteiger partial charge >= 0.3 is 6.09 Å². The van der Waals surface area contributed by atoms with Gasteiger partial charge in [0.25, 0.3) is 0 Å². The molecule has 1 N–H and O–H groups in total. The van der Waals surface area contributed by atoms with Crippen LogP contribution in [0.3, 0.4) is 0 Å². The minimum atomic E-state index is -1.29. The van der Waals surface area contributed by atoms with E-state index in [0.717, 1.165) is 16.7 Å². The van der Waals surface area contributed by atoms with Crippen molar-refractivity contribution in [3.8, 4) is 0 Å². The predicted molar refractivity (Wildman–Crippen MR) is 66.6 cm³/mol. The van der Waals surface area contributed by atoms with Crippen molar-refractivity contribution < 1.29 is 19.1 Å². The molecule has 0 aromatic heterocycles. The highest BCUT2D eigenvalue weighted by Crippen LogP contribution is 2.28. The summed E-state index contributed by atoms with van der Waals surface area (Å²) < 4.78 is 13.6. The zero-order chi connectivity index (χ0) is 13.1. The average Bonchev–Trinajstić information content (AvgIpc) is 2.72. The van der Waals surface area contributed by atoms with Gasteiger partial charge in [-0.05, 0) is 0 Å². The van der Waals surface area contributed by atoms with Gasteiger partial charge in [0.15, 0.2) is 0 Å². The van der Waals surface area contributed by atoms with E-state index in [9.17, 15) is 14.0 Å². The van der Waals surface area contributed by atoms with Crippen LogP contribution < -0.4 is 0 Å². The van der Waals surface area contributed by atoms with E-state index in [-0.39, 0.29) is 18.2 Å². The monoisotopic (exact) mass is 269 g/mol. The number of hydrogen-bond donors (Lipinski definition) is 1. The van der Waals surface area contributed by atoms with Crippen LogP contribution in [0, 0.1) is 0 Å². The third-order valence-electron chi connectivity index (χ3n) is 2.74. The van der Waals surface area contributed by atoms with Gasteiger partial charge in [-0.15, -0.1) is 0 Å². The molecule has 1 amide bonds. The third kappa shape index (κ3) is 2.81. The molecule has 0 aliphatic carbocycles. The van der Waals surface area contributed by atoms with E-state index in [1.807, 2.05) is 0 Å². The van der Waals surface area contributed by atoms with Crippen molar-refractivity contribution in [3.05, 3.63) is 35.9 Å². The fraction of sp³-hybridized carbons (Fsp3) is 0.333. The van der Waals surface area contributed by atoms with E-state index in [0.29, 0.717) is 5.56 Å². The Bertz CT molecular complexity index is 454. The predicted octanol–water partition coefficient (Wildman–Crippen LogP) is 2.26. The van der Waals surface area contributed by atoms with E-state index < -0.39 is 17.5 Å². The molecule has 6 heteroatoms. The molecule has 0 radical (unpaired) electrons. The number of hydrogen-bond acceptors (Lipinski definition) is 3. The van der Waals surface area contributed by atoms with Gasteiger partial charge in [-0.2, -0.15) is 0 Å². The maximum absolute atomic E-state index is 13.6. The minimum absolute atomic E-state index is 0.0553. The molecule has 0 bridgehead atoms. The highest BCUT2D eigenvalue weighted by atomic mass is 32.2. The van der Waals surface area contributed by atoms with Crippen LogP contribution in [0.4, 0.5) is 9.18 Å². The normalized spacial score (nSPS) is 23.1. The molecule has 1 aliphatic heterocycles. The Morgan fingerprint density at radius 2 is 1.94 bits per heavy atom. The first-order valence-corrected chi connectivity index (χ1v) is 6.34. The smallest absolute Gasteiger partial charge is 0.407 e. The van der Waals surface area contributed by atoms with Crippen molar-refractivity contribution >= 4 is 23.0 Å². The highest BCUT2D eigenvalue weighted by molar-refractivity contribution is 8.14. The average molecular weight is 269 g/mol. The standard InChI is InChI=1S/C12H12FNO3S/c13-9-6-14(12(16)17)7-10(9)18-11(15)8-4-2-1-3-5-8/h1-5,9-10H,6-7H2,(H,16,17)/t9-,10+/m0/s1. The number of alkyl halides is 1. The van der Waals surface area contributed by atoms with Crippen LogP contribution in [0.25, 0.3) is 0 Å². The van der Waals surface area contributed by atoms with Gasteiger partial charge in [-0.3, -0.25) is 4.79 Å². The molecule has 96 valence electrons. The Balaban J connectivity index is 1.98. The van der Waals surface area contributed by atoms with Crippen LogP contribution in [0.5, 0.6) is 0 Å². The molecular weight excluding hydrogens is 257 g/mol. The fourth-order valence-corrected chi connectivity index (χ4v) is 2.82. The number of carbonyl (C=O) groups is 2. The van der Waals surface area contributed by atoms with Crippen LogP contribution in [0.2, 0.25) is 0 Å². The van der Waals surface area contributed by atoms with Crippen LogP contribution in [0.1, 0.15) is 10.4 Å². The summed E-state index contributed by atoms with van der Waals surface area (Å²) in [5.74, 6) is 0. The lowest BCUT2D eigenvalue weighted by Crippen LogP contribution is -2.27. The second-order valence-electron chi connectivity index (χ2n) is 4.01. The lowest BCUT2D eigenvalue weighted by Gasteiger charge is -2.11. The largest absolute Gasteiger partial charge is 0.465 e. The van der Waals surface area contributed by atoms with E-state index in [4.69, 9.17) is 5.11 Å². The molecule has 1 fully saturated rings. The van der Waals surface area contributed by atoms with Crippen molar-refractivity contribution in [2.75, 3.05) is 13.1 Å². The van der Waals surface area contributed by atoms with Crippen LogP contribution in [-0.4, -0.2) is 45.7 Å². The quantitative estimate of drug-likeness (QED) is 0.894. The van der Waals surface area contributed by atoms with E-state index >= 15 is 0 Å². The number of carboxylic acid groups (broad SMARTS) is 1. The van der Waals surface area contributed by atoms with Gasteiger partial charge < -0.3 is 10.0 Å². The number of carbonyl (C=O) groups excluding carboxylic acids is 1. The Morgan fingerprint density at radius 1 is 1.28 bits per heavy atom. The van der Waals surface area contributed by atoms with Gasteiger partial charge in [0.1, 0.15) is 6.17 Å². The molecule has 2 atom stereocenters. The van der Waals surface area contributed by atoms with Gasteiger partial charge in [0.2, 0.25) is 5.12 Å². The number of amides is 1. The van der Waals surface area contributed by atoms with E-state index in [1.54, 1.807) is 30.3 Å². The first-order valence-electron chi connectivity index (χ1n) is 5.46. The number of thioether (sulfide) groups is 1. The fourth-order valence-electron chi connectivity index (χ4n) is 1.78. The summed E-state index contributed by atoms with van der Waals surface area (Å²) in [7, 11) is 0. The van der Waals surface area contributed by atoms with Crippen molar-refractivity contribution in [2.24, 2.45) is 0 Å². The molecule has 1 aromatic rings. The van der Waals surface area contributed by atoms with E-state index in [2.05, 4.69) is 0 Å². The number of rotatable bonds is 2. The summed E-state index contributed by atoms with van der Waals surface area (Å²) in [6.45, 7) is -0.102. The molecular formula is C12H12FNO3S. The molecule has 0 saturated carbocycles. The van der Waals surface area contributed by atoms with E-state index in [1.165, 1.54) is 0 Å².